The van der Waals surface area contributed by atoms with Crippen molar-refractivity contribution in [2.45, 2.75) is 0 Å². The summed E-state index contributed by atoms with van der Waals surface area (Å²) in [6.45, 7) is 0. The molecule has 0 aromatic heterocycles. The van der Waals surface area contributed by atoms with Crippen LogP contribution in [0.15, 0.2) is 36.4 Å². The lowest BCUT2D eigenvalue weighted by molar-refractivity contribution is 0.112. The van der Waals surface area contributed by atoms with Gasteiger partial charge in [0.1, 0.15) is 5.69 Å². The SMILES string of the molecule is C[N+](C)(C)c1ccc(C=O)c2ccccc12. The summed E-state index contributed by atoms with van der Waals surface area (Å²) in [5.74, 6) is 0. The zero-order valence-electron chi connectivity index (χ0n) is 9.90. The molecule has 0 amide bonds. The molecular weight excluding hydrogens is 198 g/mol. The quantitative estimate of drug-likeness (QED) is 0.555. The molecule has 0 atom stereocenters. The maximum absolute atomic E-state index is 11.0. The molecule has 0 aliphatic carbocycles. The molecule has 0 bridgehead atoms. The molecule has 82 valence electrons. The molecule has 0 N–H and O–H groups in total. The summed E-state index contributed by atoms with van der Waals surface area (Å²) in [4.78, 5) is 11.0. The van der Waals surface area contributed by atoms with Crippen LogP contribution < -0.4 is 4.48 Å². The zero-order valence-corrected chi connectivity index (χ0v) is 9.90. The molecule has 0 saturated carbocycles. The number of quaternary nitrogens is 1. The van der Waals surface area contributed by atoms with Gasteiger partial charge < -0.3 is 0 Å². The van der Waals surface area contributed by atoms with Crippen molar-refractivity contribution in [3.8, 4) is 0 Å². The van der Waals surface area contributed by atoms with E-state index < -0.39 is 0 Å². The number of nitrogens with zero attached hydrogens (tertiary/aromatic N) is 1. The van der Waals surface area contributed by atoms with Gasteiger partial charge in [0.05, 0.1) is 21.1 Å². The van der Waals surface area contributed by atoms with Crippen molar-refractivity contribution in [1.82, 2.24) is 4.48 Å². The van der Waals surface area contributed by atoms with E-state index >= 15 is 0 Å². The van der Waals surface area contributed by atoms with Crippen LogP contribution in [0.25, 0.3) is 10.8 Å². The minimum Gasteiger partial charge on any atom is -0.298 e. The first-order chi connectivity index (χ1) is 7.54. The molecular formula is C14H16NO+. The van der Waals surface area contributed by atoms with Crippen LogP contribution >= 0.6 is 0 Å². The van der Waals surface area contributed by atoms with Gasteiger partial charge in [0.2, 0.25) is 0 Å². The minimum atomic E-state index is 0.750. The number of rotatable bonds is 2. The highest BCUT2D eigenvalue weighted by Gasteiger charge is 2.16. The Labute approximate surface area is 95.7 Å². The Morgan fingerprint density at radius 3 is 2.12 bits per heavy atom. The van der Waals surface area contributed by atoms with Gasteiger partial charge in [0.25, 0.3) is 0 Å². The molecule has 0 aliphatic rings. The second-order valence-electron chi connectivity index (χ2n) is 4.85. The van der Waals surface area contributed by atoms with Crippen LogP contribution in [-0.2, 0) is 0 Å². The van der Waals surface area contributed by atoms with Crippen molar-refractivity contribution < 1.29 is 4.79 Å². The van der Waals surface area contributed by atoms with Gasteiger partial charge in [0.15, 0.2) is 6.29 Å². The number of fused-ring (bicyclic) bond motifs is 1. The Hall–Kier alpha value is -1.67. The lowest BCUT2D eigenvalue weighted by Crippen LogP contribution is -2.34. The molecule has 0 fully saturated rings. The largest absolute Gasteiger partial charge is 0.298 e. The first-order valence-electron chi connectivity index (χ1n) is 5.33. The third-order valence-corrected chi connectivity index (χ3v) is 2.78. The van der Waals surface area contributed by atoms with Crippen molar-refractivity contribution in [3.05, 3.63) is 42.0 Å². The highest BCUT2D eigenvalue weighted by atomic mass is 16.1. The molecule has 2 aromatic carbocycles. The van der Waals surface area contributed by atoms with Crippen molar-refractivity contribution >= 4 is 22.7 Å². The van der Waals surface area contributed by atoms with Crippen molar-refractivity contribution in [2.24, 2.45) is 0 Å². The molecule has 16 heavy (non-hydrogen) atoms. The monoisotopic (exact) mass is 214 g/mol. The first kappa shape index (κ1) is 10.8. The van der Waals surface area contributed by atoms with Crippen LogP contribution in [0.5, 0.6) is 0 Å². The fraction of sp³-hybridized carbons (Fsp3) is 0.214. The number of carbonyl (C=O) groups is 1. The molecule has 2 aromatic rings. The normalized spacial score (nSPS) is 11.7. The third-order valence-electron chi connectivity index (χ3n) is 2.78. The molecule has 2 nitrogen and oxygen atoms in total. The number of hydrogen-bond donors (Lipinski definition) is 0. The number of carbonyl (C=O) groups excluding carboxylic acids is 1. The van der Waals surface area contributed by atoms with Gasteiger partial charge in [-0.05, 0) is 17.5 Å². The summed E-state index contributed by atoms with van der Waals surface area (Å²) < 4.78 is 0.750. The zero-order chi connectivity index (χ0) is 11.8. The van der Waals surface area contributed by atoms with E-state index in [2.05, 4.69) is 27.2 Å². The second-order valence-corrected chi connectivity index (χ2v) is 4.85. The number of aldehydes is 1. The van der Waals surface area contributed by atoms with E-state index in [1.165, 1.54) is 5.69 Å². The highest BCUT2D eigenvalue weighted by molar-refractivity contribution is 6.03. The lowest BCUT2D eigenvalue weighted by atomic mass is 10.0. The van der Waals surface area contributed by atoms with Gasteiger partial charge in [-0.3, -0.25) is 9.28 Å². The van der Waals surface area contributed by atoms with Crippen LogP contribution in [0, 0.1) is 0 Å². The van der Waals surface area contributed by atoms with E-state index in [1.54, 1.807) is 0 Å². The molecule has 0 aliphatic heterocycles. The Balaban J connectivity index is 2.85. The standard InChI is InChI=1S/C14H16NO/c1-15(2,3)14-9-8-11(10-16)12-6-4-5-7-13(12)14/h4-10H,1-3H3/q+1. The molecule has 0 unspecified atom stereocenters. The average molecular weight is 214 g/mol. The van der Waals surface area contributed by atoms with Crippen molar-refractivity contribution in [2.75, 3.05) is 21.1 Å². The van der Waals surface area contributed by atoms with E-state index in [9.17, 15) is 4.79 Å². The van der Waals surface area contributed by atoms with E-state index in [-0.39, 0.29) is 0 Å². The molecule has 0 radical (unpaired) electrons. The number of benzene rings is 2. The molecule has 2 rings (SSSR count). The van der Waals surface area contributed by atoms with Gasteiger partial charge in [-0.2, -0.15) is 0 Å². The van der Waals surface area contributed by atoms with Gasteiger partial charge >= 0.3 is 0 Å². The fourth-order valence-corrected chi connectivity index (χ4v) is 1.99. The fourth-order valence-electron chi connectivity index (χ4n) is 1.99. The third kappa shape index (κ3) is 1.72. The summed E-state index contributed by atoms with van der Waals surface area (Å²) >= 11 is 0. The minimum absolute atomic E-state index is 0.750. The Bertz CT molecular complexity index is 538. The van der Waals surface area contributed by atoms with Crippen LogP contribution in [0.3, 0.4) is 0 Å². The topological polar surface area (TPSA) is 17.1 Å². The van der Waals surface area contributed by atoms with Crippen LogP contribution in [0.2, 0.25) is 0 Å². The summed E-state index contributed by atoms with van der Waals surface area (Å²) in [5, 5.41) is 2.18. The number of hydrogen-bond acceptors (Lipinski definition) is 1. The first-order valence-corrected chi connectivity index (χ1v) is 5.33. The average Bonchev–Trinajstić information content (AvgIpc) is 2.26. The maximum atomic E-state index is 11.0. The highest BCUT2D eigenvalue weighted by Crippen LogP contribution is 2.30. The van der Waals surface area contributed by atoms with Crippen LogP contribution in [-0.4, -0.2) is 27.4 Å². The van der Waals surface area contributed by atoms with Gasteiger partial charge in [-0.1, -0.05) is 18.2 Å². The van der Waals surface area contributed by atoms with E-state index in [0.29, 0.717) is 0 Å². The van der Waals surface area contributed by atoms with Gasteiger partial charge in [-0.15, -0.1) is 0 Å². The van der Waals surface area contributed by atoms with Gasteiger partial charge in [-0.25, -0.2) is 0 Å². The van der Waals surface area contributed by atoms with Gasteiger partial charge in [0, 0.05) is 17.0 Å². The van der Waals surface area contributed by atoms with E-state index in [0.717, 1.165) is 27.1 Å². The summed E-state index contributed by atoms with van der Waals surface area (Å²) in [5.41, 5.74) is 1.98. The summed E-state index contributed by atoms with van der Waals surface area (Å²) in [6.07, 6.45) is 0.918. The van der Waals surface area contributed by atoms with Crippen LogP contribution in [0.1, 0.15) is 10.4 Å². The van der Waals surface area contributed by atoms with Crippen molar-refractivity contribution in [1.29, 1.82) is 0 Å². The molecule has 0 saturated heterocycles. The predicted molar refractivity (Wildman–Crippen MR) is 68.9 cm³/mol. The summed E-state index contributed by atoms with van der Waals surface area (Å²) in [6, 6.07) is 12.0. The molecule has 2 heteroatoms. The smallest absolute Gasteiger partial charge is 0.150 e. The Morgan fingerprint density at radius 1 is 0.938 bits per heavy atom. The second kappa shape index (κ2) is 3.72. The lowest BCUT2D eigenvalue weighted by Gasteiger charge is -2.25. The molecule has 0 heterocycles. The summed E-state index contributed by atoms with van der Waals surface area (Å²) in [7, 11) is 6.38. The van der Waals surface area contributed by atoms with E-state index in [1.807, 2.05) is 30.3 Å². The van der Waals surface area contributed by atoms with Crippen LogP contribution in [0.4, 0.5) is 5.69 Å². The maximum Gasteiger partial charge on any atom is 0.150 e. The molecule has 0 spiro atoms. The predicted octanol–water partition coefficient (Wildman–Crippen LogP) is 2.85. The van der Waals surface area contributed by atoms with Crippen molar-refractivity contribution in [3.63, 3.8) is 0 Å². The Kier molecular flexibility index (Phi) is 2.52. The Morgan fingerprint density at radius 2 is 1.56 bits per heavy atom. The van der Waals surface area contributed by atoms with E-state index in [4.69, 9.17) is 0 Å².